The van der Waals surface area contributed by atoms with Gasteiger partial charge in [-0.1, -0.05) is 35.5 Å². The minimum atomic E-state index is -0.0972. The molecule has 2 aromatic carbocycles. The fourth-order valence-corrected chi connectivity index (χ4v) is 3.66. The second-order valence-corrected chi connectivity index (χ2v) is 7.34. The lowest BCUT2D eigenvalue weighted by Crippen LogP contribution is -2.24. The number of nitrogens with two attached hydrogens (primary N) is 1. The van der Waals surface area contributed by atoms with Crippen LogP contribution in [-0.4, -0.2) is 28.8 Å². The first-order valence-electron chi connectivity index (χ1n) is 8.75. The first-order valence-corrected chi connectivity index (χ1v) is 9.98. The summed E-state index contributed by atoms with van der Waals surface area (Å²) in [5.41, 5.74) is 8.46. The first kappa shape index (κ1) is 20.4. The lowest BCUT2D eigenvalue weighted by molar-refractivity contribution is -0.117. The third-order valence-electron chi connectivity index (χ3n) is 4.73. The molecule has 6 nitrogen and oxygen atoms in total. The second kappa shape index (κ2) is 8.77. The molecular weight excluding hydrogens is 396 g/mol. The molecule has 2 N–H and O–H groups in total. The van der Waals surface area contributed by atoms with E-state index in [2.05, 4.69) is 10.1 Å². The summed E-state index contributed by atoms with van der Waals surface area (Å²) >= 11 is 1.66. The highest BCUT2D eigenvalue weighted by Crippen LogP contribution is 2.33. The Bertz CT molecular complexity index is 961. The topological polar surface area (TPSA) is 85.2 Å². The molecule has 28 heavy (non-hydrogen) atoms. The van der Waals surface area contributed by atoms with Gasteiger partial charge in [0, 0.05) is 35.7 Å². The van der Waals surface area contributed by atoms with E-state index in [9.17, 15) is 4.79 Å². The molecule has 8 heteroatoms. The van der Waals surface area contributed by atoms with Crippen LogP contribution < -0.4 is 10.6 Å². The number of nitrogens with zero attached hydrogens (tertiary/aromatic N) is 3. The highest BCUT2D eigenvalue weighted by molar-refractivity contribution is 7.98. The summed E-state index contributed by atoms with van der Waals surface area (Å²) < 4.78 is 5.47. The Morgan fingerprint density at radius 2 is 2.04 bits per heavy atom. The number of hydrogen-bond donors (Lipinski definition) is 1. The molecule has 1 aromatic heterocycles. The van der Waals surface area contributed by atoms with Gasteiger partial charge in [0.05, 0.1) is 5.92 Å². The van der Waals surface area contributed by atoms with Crippen LogP contribution in [0.15, 0.2) is 57.9 Å². The summed E-state index contributed by atoms with van der Waals surface area (Å²) in [5, 5.41) is 4.09. The average Bonchev–Trinajstić information content (AvgIpc) is 3.35. The predicted molar refractivity (Wildman–Crippen MR) is 113 cm³/mol. The molecule has 0 spiro atoms. The van der Waals surface area contributed by atoms with Crippen molar-refractivity contribution >= 4 is 35.8 Å². The summed E-state index contributed by atoms with van der Waals surface area (Å²) in [6.45, 7) is 1.04. The van der Waals surface area contributed by atoms with E-state index in [0.29, 0.717) is 31.2 Å². The number of amides is 1. The van der Waals surface area contributed by atoms with Gasteiger partial charge in [-0.15, -0.1) is 24.2 Å². The molecule has 0 bridgehead atoms. The molecule has 146 valence electrons. The van der Waals surface area contributed by atoms with Gasteiger partial charge in [0.1, 0.15) is 0 Å². The van der Waals surface area contributed by atoms with Crippen LogP contribution in [0.5, 0.6) is 0 Å². The molecule has 1 fully saturated rings. The van der Waals surface area contributed by atoms with Crippen molar-refractivity contribution < 1.29 is 9.32 Å². The molecule has 0 radical (unpaired) electrons. The Labute approximate surface area is 173 Å². The van der Waals surface area contributed by atoms with E-state index in [1.165, 1.54) is 0 Å². The zero-order valence-corrected chi connectivity index (χ0v) is 17.0. The summed E-state index contributed by atoms with van der Waals surface area (Å²) in [6.07, 6.45) is 2.39. The van der Waals surface area contributed by atoms with Crippen molar-refractivity contribution in [3.8, 4) is 11.4 Å². The van der Waals surface area contributed by atoms with Gasteiger partial charge in [0.2, 0.25) is 17.6 Å². The van der Waals surface area contributed by atoms with Gasteiger partial charge in [0.25, 0.3) is 0 Å². The van der Waals surface area contributed by atoms with Crippen LogP contribution >= 0.6 is 24.2 Å². The van der Waals surface area contributed by atoms with E-state index in [1.54, 1.807) is 16.7 Å². The molecule has 1 atom stereocenters. The molecule has 1 amide bonds. The van der Waals surface area contributed by atoms with Gasteiger partial charge in [-0.05, 0) is 30.0 Å². The smallest absolute Gasteiger partial charge is 0.232 e. The van der Waals surface area contributed by atoms with Crippen LogP contribution in [-0.2, 0) is 11.3 Å². The van der Waals surface area contributed by atoms with Crippen molar-refractivity contribution in [2.24, 2.45) is 5.73 Å². The van der Waals surface area contributed by atoms with Crippen LogP contribution in [0.25, 0.3) is 11.4 Å². The summed E-state index contributed by atoms with van der Waals surface area (Å²) in [6, 6.07) is 15.7. The molecule has 1 saturated heterocycles. The number of hydrogen-bond acceptors (Lipinski definition) is 6. The quantitative estimate of drug-likeness (QED) is 0.635. The number of benzene rings is 2. The Morgan fingerprint density at radius 3 is 2.75 bits per heavy atom. The largest absolute Gasteiger partial charge is 0.339 e. The number of thioether (sulfide) groups is 1. The third kappa shape index (κ3) is 4.06. The molecule has 1 aliphatic heterocycles. The molecule has 1 unspecified atom stereocenters. The molecule has 0 saturated carbocycles. The van der Waals surface area contributed by atoms with Crippen molar-refractivity contribution in [3.63, 3.8) is 0 Å². The van der Waals surface area contributed by atoms with E-state index in [4.69, 9.17) is 10.3 Å². The molecule has 2 heterocycles. The Hall–Kier alpha value is -2.35. The lowest BCUT2D eigenvalue weighted by Gasteiger charge is -2.16. The van der Waals surface area contributed by atoms with Crippen LogP contribution in [0, 0.1) is 0 Å². The van der Waals surface area contributed by atoms with Crippen LogP contribution in [0.1, 0.15) is 23.8 Å². The number of anilines is 1. The molecule has 0 aliphatic carbocycles. The summed E-state index contributed by atoms with van der Waals surface area (Å²) in [4.78, 5) is 20.0. The van der Waals surface area contributed by atoms with E-state index >= 15 is 0 Å². The van der Waals surface area contributed by atoms with Crippen molar-refractivity contribution in [1.29, 1.82) is 0 Å². The number of carbonyl (C=O) groups excluding carboxylic acids is 1. The third-order valence-corrected chi connectivity index (χ3v) is 5.45. The Balaban J connectivity index is 0.00000225. The second-order valence-electron chi connectivity index (χ2n) is 6.46. The first-order chi connectivity index (χ1) is 13.2. The maximum absolute atomic E-state index is 12.5. The highest BCUT2D eigenvalue weighted by atomic mass is 35.5. The van der Waals surface area contributed by atoms with E-state index in [0.717, 1.165) is 21.7 Å². The summed E-state index contributed by atoms with van der Waals surface area (Å²) in [7, 11) is 0. The Morgan fingerprint density at radius 1 is 1.25 bits per heavy atom. The fraction of sp³-hybridized carbons (Fsp3) is 0.250. The number of rotatable bonds is 5. The van der Waals surface area contributed by atoms with E-state index < -0.39 is 0 Å². The monoisotopic (exact) mass is 416 g/mol. The van der Waals surface area contributed by atoms with Gasteiger partial charge in [-0.2, -0.15) is 4.98 Å². The predicted octanol–water partition coefficient (Wildman–Crippen LogP) is 3.86. The van der Waals surface area contributed by atoms with Gasteiger partial charge in [0.15, 0.2) is 0 Å². The lowest BCUT2D eigenvalue weighted by atomic mass is 10.1. The molecular formula is C20H21ClN4O2S. The zero-order chi connectivity index (χ0) is 18.8. The summed E-state index contributed by atoms with van der Waals surface area (Å²) in [5.74, 6) is 1.01. The van der Waals surface area contributed by atoms with E-state index in [1.807, 2.05) is 54.8 Å². The molecule has 4 rings (SSSR count). The normalized spacial score (nSPS) is 16.3. The van der Waals surface area contributed by atoms with Gasteiger partial charge < -0.3 is 15.2 Å². The SMILES string of the molecule is CSc1cccc(N2CC(c3nc(-c4ccc(CN)cc4)no3)CC2=O)c1.Cl. The Kier molecular flexibility index (Phi) is 6.39. The van der Waals surface area contributed by atoms with Gasteiger partial charge in [-0.3, -0.25) is 4.79 Å². The number of halogens is 1. The zero-order valence-electron chi connectivity index (χ0n) is 15.4. The maximum Gasteiger partial charge on any atom is 0.232 e. The number of aromatic nitrogens is 2. The van der Waals surface area contributed by atoms with Crippen molar-refractivity contribution in [3.05, 3.63) is 60.0 Å². The van der Waals surface area contributed by atoms with E-state index in [-0.39, 0.29) is 24.2 Å². The van der Waals surface area contributed by atoms with Crippen LogP contribution in [0.2, 0.25) is 0 Å². The maximum atomic E-state index is 12.5. The number of carbonyl (C=O) groups is 1. The van der Waals surface area contributed by atoms with Crippen LogP contribution in [0.3, 0.4) is 0 Å². The minimum Gasteiger partial charge on any atom is -0.339 e. The minimum absolute atomic E-state index is 0. The van der Waals surface area contributed by atoms with Crippen LogP contribution in [0.4, 0.5) is 5.69 Å². The fourth-order valence-electron chi connectivity index (χ4n) is 3.21. The highest BCUT2D eigenvalue weighted by Gasteiger charge is 2.35. The van der Waals surface area contributed by atoms with Crippen molar-refractivity contribution in [2.45, 2.75) is 23.8 Å². The molecule has 1 aliphatic rings. The molecule has 3 aromatic rings. The standard InChI is InChI=1S/C20H20N4O2S.ClH/c1-27-17-4-2-3-16(10-17)24-12-15(9-18(24)25)20-22-19(23-26-20)14-7-5-13(11-21)6-8-14;/h2-8,10,15H,9,11-12,21H2,1H3;1H. The average molecular weight is 417 g/mol. The van der Waals surface area contributed by atoms with Gasteiger partial charge >= 0.3 is 0 Å². The van der Waals surface area contributed by atoms with Crippen molar-refractivity contribution in [1.82, 2.24) is 10.1 Å². The van der Waals surface area contributed by atoms with Crippen molar-refractivity contribution in [2.75, 3.05) is 17.7 Å². The van der Waals surface area contributed by atoms with Gasteiger partial charge in [-0.25, -0.2) is 0 Å².